The smallest absolute Gasteiger partial charge is 0.240 e. The molecule has 2 heterocycles. The Morgan fingerprint density at radius 2 is 2.32 bits per heavy atom. The lowest BCUT2D eigenvalue weighted by atomic mass is 9.91. The number of carbonyl (C=O) groups is 1. The zero-order valence-electron chi connectivity index (χ0n) is 12.0. The van der Waals surface area contributed by atoms with Crippen LogP contribution < -0.4 is 10.6 Å². The molecule has 0 saturated carbocycles. The Morgan fingerprint density at radius 3 is 2.84 bits per heavy atom. The van der Waals surface area contributed by atoms with Gasteiger partial charge in [-0.25, -0.2) is 0 Å². The van der Waals surface area contributed by atoms with Crippen LogP contribution in [0.25, 0.3) is 0 Å². The standard InChI is InChI=1S/C14H23N3O2/c1-4-6-14(7-5-8-16-14)13(18)15-9-12-10(2)17-19-11(12)3/h16H,4-9H2,1-3H3,(H,15,18). The first kappa shape index (κ1) is 14.1. The van der Waals surface area contributed by atoms with E-state index < -0.39 is 0 Å². The Bertz CT molecular complexity index is 428. The molecule has 0 bridgehead atoms. The minimum absolute atomic E-state index is 0.104. The summed E-state index contributed by atoms with van der Waals surface area (Å²) in [4.78, 5) is 12.5. The monoisotopic (exact) mass is 265 g/mol. The van der Waals surface area contributed by atoms with Gasteiger partial charge in [0.05, 0.1) is 11.2 Å². The summed E-state index contributed by atoms with van der Waals surface area (Å²) in [5.41, 5.74) is 1.47. The number of aromatic nitrogens is 1. The van der Waals surface area contributed by atoms with Crippen molar-refractivity contribution >= 4 is 5.91 Å². The number of hydrogen-bond acceptors (Lipinski definition) is 4. The molecule has 1 aliphatic rings. The molecule has 1 atom stereocenters. The fourth-order valence-electron chi connectivity index (χ4n) is 2.85. The van der Waals surface area contributed by atoms with Crippen LogP contribution in [0.4, 0.5) is 0 Å². The average Bonchev–Trinajstić information content (AvgIpc) is 2.97. The van der Waals surface area contributed by atoms with Crippen molar-refractivity contribution in [1.29, 1.82) is 0 Å². The second-order valence-electron chi connectivity index (χ2n) is 5.35. The van der Waals surface area contributed by atoms with Crippen molar-refractivity contribution in [2.75, 3.05) is 6.54 Å². The van der Waals surface area contributed by atoms with E-state index in [2.05, 4.69) is 22.7 Å². The highest BCUT2D eigenvalue weighted by atomic mass is 16.5. The van der Waals surface area contributed by atoms with Gasteiger partial charge >= 0.3 is 0 Å². The maximum atomic E-state index is 12.5. The zero-order chi connectivity index (χ0) is 13.9. The van der Waals surface area contributed by atoms with Crippen molar-refractivity contribution in [1.82, 2.24) is 15.8 Å². The molecule has 1 aromatic rings. The minimum atomic E-state index is -0.367. The molecule has 0 aliphatic carbocycles. The zero-order valence-corrected chi connectivity index (χ0v) is 12.0. The molecule has 1 fully saturated rings. The summed E-state index contributed by atoms with van der Waals surface area (Å²) in [5.74, 6) is 0.883. The van der Waals surface area contributed by atoms with Gasteiger partial charge in [-0.2, -0.15) is 0 Å². The first-order valence-electron chi connectivity index (χ1n) is 7.04. The number of amides is 1. The third-order valence-electron chi connectivity index (χ3n) is 3.96. The molecule has 106 valence electrons. The van der Waals surface area contributed by atoms with Crippen molar-refractivity contribution in [3.8, 4) is 0 Å². The normalized spacial score (nSPS) is 22.7. The van der Waals surface area contributed by atoms with E-state index in [-0.39, 0.29) is 11.4 Å². The molecule has 0 radical (unpaired) electrons. The van der Waals surface area contributed by atoms with Crippen molar-refractivity contribution in [3.63, 3.8) is 0 Å². The van der Waals surface area contributed by atoms with E-state index in [9.17, 15) is 4.79 Å². The van der Waals surface area contributed by atoms with Gasteiger partial charge in [0.2, 0.25) is 5.91 Å². The van der Waals surface area contributed by atoms with Gasteiger partial charge in [0, 0.05) is 12.1 Å². The van der Waals surface area contributed by atoms with Gasteiger partial charge in [-0.15, -0.1) is 0 Å². The van der Waals surface area contributed by atoms with Gasteiger partial charge in [0.25, 0.3) is 0 Å². The van der Waals surface area contributed by atoms with Crippen LogP contribution in [0, 0.1) is 13.8 Å². The van der Waals surface area contributed by atoms with E-state index in [4.69, 9.17) is 4.52 Å². The molecule has 0 spiro atoms. The maximum absolute atomic E-state index is 12.5. The molecule has 5 nitrogen and oxygen atoms in total. The first-order valence-corrected chi connectivity index (χ1v) is 7.04. The Labute approximate surface area is 114 Å². The topological polar surface area (TPSA) is 67.2 Å². The largest absolute Gasteiger partial charge is 0.361 e. The SMILES string of the molecule is CCCC1(C(=O)NCc2c(C)noc2C)CCCN1. The summed E-state index contributed by atoms with van der Waals surface area (Å²) in [6.07, 6.45) is 3.89. The summed E-state index contributed by atoms with van der Waals surface area (Å²) in [7, 11) is 0. The van der Waals surface area contributed by atoms with E-state index in [0.717, 1.165) is 49.2 Å². The highest BCUT2D eigenvalue weighted by molar-refractivity contribution is 5.86. The van der Waals surface area contributed by atoms with Gasteiger partial charge in [-0.05, 0) is 39.7 Å². The van der Waals surface area contributed by atoms with Crippen LogP contribution in [0.15, 0.2) is 4.52 Å². The molecular weight excluding hydrogens is 242 g/mol. The van der Waals surface area contributed by atoms with Crippen LogP contribution in [0.1, 0.15) is 49.6 Å². The summed E-state index contributed by atoms with van der Waals surface area (Å²) < 4.78 is 5.11. The lowest BCUT2D eigenvalue weighted by molar-refractivity contribution is -0.127. The van der Waals surface area contributed by atoms with E-state index in [1.54, 1.807) is 0 Å². The number of aryl methyl sites for hydroxylation is 2. The van der Waals surface area contributed by atoms with Crippen LogP contribution in [0.5, 0.6) is 0 Å². The van der Waals surface area contributed by atoms with Crippen molar-refractivity contribution in [3.05, 3.63) is 17.0 Å². The summed E-state index contributed by atoms with van der Waals surface area (Å²) >= 11 is 0. The van der Waals surface area contributed by atoms with Crippen LogP contribution in [0.3, 0.4) is 0 Å². The number of carbonyl (C=O) groups excluding carboxylic acids is 1. The molecule has 0 aromatic carbocycles. The predicted octanol–water partition coefficient (Wildman–Crippen LogP) is 1.83. The molecule has 5 heteroatoms. The highest BCUT2D eigenvalue weighted by Gasteiger charge is 2.39. The van der Waals surface area contributed by atoms with Crippen molar-refractivity contribution in [2.45, 2.75) is 58.5 Å². The molecule has 2 N–H and O–H groups in total. The molecule has 1 amide bonds. The summed E-state index contributed by atoms with van der Waals surface area (Å²) in [6.45, 7) is 7.31. The summed E-state index contributed by atoms with van der Waals surface area (Å²) in [5, 5.41) is 10.3. The Morgan fingerprint density at radius 1 is 1.53 bits per heavy atom. The van der Waals surface area contributed by atoms with Crippen LogP contribution in [0.2, 0.25) is 0 Å². The fourth-order valence-corrected chi connectivity index (χ4v) is 2.85. The maximum Gasteiger partial charge on any atom is 0.240 e. The second-order valence-corrected chi connectivity index (χ2v) is 5.35. The predicted molar refractivity (Wildman–Crippen MR) is 72.7 cm³/mol. The quantitative estimate of drug-likeness (QED) is 0.852. The fraction of sp³-hybridized carbons (Fsp3) is 0.714. The molecule has 19 heavy (non-hydrogen) atoms. The van der Waals surface area contributed by atoms with E-state index >= 15 is 0 Å². The lowest BCUT2D eigenvalue weighted by Gasteiger charge is -2.27. The minimum Gasteiger partial charge on any atom is -0.361 e. The van der Waals surface area contributed by atoms with Gasteiger partial charge in [0.15, 0.2) is 0 Å². The number of nitrogens with one attached hydrogen (secondary N) is 2. The molecular formula is C14H23N3O2. The van der Waals surface area contributed by atoms with Crippen molar-refractivity contribution in [2.24, 2.45) is 0 Å². The number of rotatable bonds is 5. The van der Waals surface area contributed by atoms with E-state index in [0.29, 0.717) is 6.54 Å². The second kappa shape index (κ2) is 5.74. The van der Waals surface area contributed by atoms with Crippen LogP contribution in [-0.2, 0) is 11.3 Å². The molecule has 1 unspecified atom stereocenters. The van der Waals surface area contributed by atoms with Gasteiger partial charge < -0.3 is 15.2 Å². The van der Waals surface area contributed by atoms with Crippen LogP contribution in [-0.4, -0.2) is 23.1 Å². The third-order valence-corrected chi connectivity index (χ3v) is 3.96. The molecule has 2 rings (SSSR count). The van der Waals surface area contributed by atoms with Gasteiger partial charge in [-0.1, -0.05) is 18.5 Å². The number of hydrogen-bond donors (Lipinski definition) is 2. The van der Waals surface area contributed by atoms with Gasteiger partial charge in [0.1, 0.15) is 5.76 Å². The third kappa shape index (κ3) is 2.81. The molecule has 1 saturated heterocycles. The Balaban J connectivity index is 2.00. The van der Waals surface area contributed by atoms with Crippen LogP contribution >= 0.6 is 0 Å². The summed E-state index contributed by atoms with van der Waals surface area (Å²) in [6, 6.07) is 0. The van der Waals surface area contributed by atoms with E-state index in [1.165, 1.54) is 0 Å². The Hall–Kier alpha value is -1.36. The van der Waals surface area contributed by atoms with E-state index in [1.807, 2.05) is 13.8 Å². The number of nitrogens with zero attached hydrogens (tertiary/aromatic N) is 1. The first-order chi connectivity index (χ1) is 9.09. The van der Waals surface area contributed by atoms with Crippen molar-refractivity contribution < 1.29 is 9.32 Å². The van der Waals surface area contributed by atoms with Gasteiger partial charge in [-0.3, -0.25) is 4.79 Å². The molecule has 1 aliphatic heterocycles. The lowest BCUT2D eigenvalue weighted by Crippen LogP contribution is -2.53. The highest BCUT2D eigenvalue weighted by Crippen LogP contribution is 2.25. The average molecular weight is 265 g/mol. The Kier molecular flexibility index (Phi) is 4.24. The molecule has 1 aromatic heterocycles.